The molecule has 1 heterocycles. The van der Waals surface area contributed by atoms with Crippen molar-refractivity contribution in [2.24, 2.45) is 0 Å². The number of aldehydes is 1. The first kappa shape index (κ1) is 13.6. The number of nitrogens with zero attached hydrogens (tertiary/aromatic N) is 1. The zero-order valence-corrected chi connectivity index (χ0v) is 12.8. The molecule has 0 saturated heterocycles. The Morgan fingerprint density at radius 3 is 2.89 bits per heavy atom. The SMILES string of the molecule is CN(Cc1csc(Br)c1)c1cccc(Cl)c1C=O. The fourth-order valence-electron chi connectivity index (χ4n) is 1.76. The topological polar surface area (TPSA) is 20.3 Å². The van der Waals surface area contributed by atoms with Crippen molar-refractivity contribution in [3.8, 4) is 0 Å². The Morgan fingerprint density at radius 2 is 2.28 bits per heavy atom. The maximum atomic E-state index is 11.1. The number of anilines is 1. The minimum absolute atomic E-state index is 0.487. The van der Waals surface area contributed by atoms with Crippen LogP contribution in [0.4, 0.5) is 5.69 Å². The molecule has 0 bridgehead atoms. The summed E-state index contributed by atoms with van der Waals surface area (Å²) in [5.41, 5.74) is 2.59. The van der Waals surface area contributed by atoms with Crippen LogP contribution in [0.5, 0.6) is 0 Å². The fourth-order valence-corrected chi connectivity index (χ4v) is 3.18. The summed E-state index contributed by atoms with van der Waals surface area (Å²) in [7, 11) is 1.95. The van der Waals surface area contributed by atoms with Crippen LogP contribution in [0.25, 0.3) is 0 Å². The van der Waals surface area contributed by atoms with Gasteiger partial charge in [0.2, 0.25) is 0 Å². The molecule has 0 radical (unpaired) electrons. The largest absolute Gasteiger partial charge is 0.370 e. The predicted octanol–water partition coefficient (Wildman–Crippen LogP) is 4.61. The molecule has 94 valence electrons. The van der Waals surface area contributed by atoms with Crippen molar-refractivity contribution >= 4 is 50.8 Å². The second-order valence-corrected chi connectivity index (χ2v) is 6.60. The van der Waals surface area contributed by atoms with Gasteiger partial charge in [0.1, 0.15) is 0 Å². The van der Waals surface area contributed by atoms with Gasteiger partial charge < -0.3 is 4.90 Å². The normalized spacial score (nSPS) is 10.4. The molecular formula is C13H11BrClNOS. The van der Waals surface area contributed by atoms with Crippen LogP contribution in [0.3, 0.4) is 0 Å². The molecule has 1 aromatic carbocycles. The van der Waals surface area contributed by atoms with Crippen molar-refractivity contribution in [1.29, 1.82) is 0 Å². The Morgan fingerprint density at radius 1 is 1.50 bits per heavy atom. The van der Waals surface area contributed by atoms with Gasteiger partial charge in [-0.25, -0.2) is 0 Å². The van der Waals surface area contributed by atoms with Crippen molar-refractivity contribution in [3.05, 3.63) is 49.6 Å². The molecule has 1 aromatic heterocycles. The summed E-state index contributed by atoms with van der Waals surface area (Å²) in [6, 6.07) is 7.55. The minimum atomic E-state index is 0.487. The van der Waals surface area contributed by atoms with Gasteiger partial charge in [-0.1, -0.05) is 17.7 Å². The highest BCUT2D eigenvalue weighted by Crippen LogP contribution is 2.28. The Bertz CT molecular complexity index is 570. The van der Waals surface area contributed by atoms with Crippen LogP contribution in [-0.4, -0.2) is 13.3 Å². The van der Waals surface area contributed by atoms with E-state index in [0.29, 0.717) is 10.6 Å². The Balaban J connectivity index is 2.26. The molecule has 0 atom stereocenters. The van der Waals surface area contributed by atoms with Gasteiger partial charge in [-0.05, 0) is 45.1 Å². The second kappa shape index (κ2) is 5.87. The van der Waals surface area contributed by atoms with E-state index < -0.39 is 0 Å². The van der Waals surface area contributed by atoms with Crippen LogP contribution in [0.1, 0.15) is 15.9 Å². The van der Waals surface area contributed by atoms with E-state index in [1.165, 1.54) is 5.56 Å². The number of benzene rings is 1. The summed E-state index contributed by atoms with van der Waals surface area (Å²) in [6.45, 7) is 0.739. The molecule has 5 heteroatoms. The van der Waals surface area contributed by atoms with E-state index in [9.17, 15) is 4.79 Å². The first-order valence-corrected chi connectivity index (χ1v) is 7.34. The molecule has 0 amide bonds. The number of thiophene rings is 1. The van der Waals surface area contributed by atoms with Gasteiger partial charge in [-0.15, -0.1) is 11.3 Å². The zero-order chi connectivity index (χ0) is 13.1. The standard InChI is InChI=1S/C13H11BrClNOS/c1-16(6-9-5-13(14)18-8-9)12-4-2-3-11(15)10(12)7-17/h2-5,7-8H,6H2,1H3. The van der Waals surface area contributed by atoms with Gasteiger partial charge in [0.25, 0.3) is 0 Å². The lowest BCUT2D eigenvalue weighted by atomic mass is 10.1. The third kappa shape index (κ3) is 2.94. The quantitative estimate of drug-likeness (QED) is 0.755. The van der Waals surface area contributed by atoms with Crippen molar-refractivity contribution in [2.45, 2.75) is 6.54 Å². The van der Waals surface area contributed by atoms with Gasteiger partial charge in [0.15, 0.2) is 6.29 Å². The van der Waals surface area contributed by atoms with Gasteiger partial charge in [0, 0.05) is 19.3 Å². The first-order chi connectivity index (χ1) is 8.61. The smallest absolute Gasteiger partial charge is 0.153 e. The van der Waals surface area contributed by atoms with Crippen LogP contribution in [0.15, 0.2) is 33.4 Å². The lowest BCUT2D eigenvalue weighted by Crippen LogP contribution is -2.17. The van der Waals surface area contributed by atoms with Crippen LogP contribution >= 0.6 is 38.9 Å². The minimum Gasteiger partial charge on any atom is -0.370 e. The summed E-state index contributed by atoms with van der Waals surface area (Å²) >= 11 is 11.1. The number of carbonyl (C=O) groups is 1. The third-order valence-corrected chi connectivity index (χ3v) is 4.48. The van der Waals surface area contributed by atoms with Crippen molar-refractivity contribution in [3.63, 3.8) is 0 Å². The molecule has 0 aliphatic heterocycles. The number of hydrogen-bond acceptors (Lipinski definition) is 3. The molecule has 0 N–H and O–H groups in total. The first-order valence-electron chi connectivity index (χ1n) is 5.29. The van der Waals surface area contributed by atoms with Crippen molar-refractivity contribution in [1.82, 2.24) is 0 Å². The Kier molecular flexibility index (Phi) is 4.43. The number of rotatable bonds is 4. The Labute approximate surface area is 123 Å². The third-order valence-electron chi connectivity index (χ3n) is 2.60. The van der Waals surface area contributed by atoms with Crippen LogP contribution in [0, 0.1) is 0 Å². The molecule has 0 aliphatic rings. The molecule has 0 spiro atoms. The van der Waals surface area contributed by atoms with Gasteiger partial charge in [-0.2, -0.15) is 0 Å². The molecule has 0 aliphatic carbocycles. The molecule has 2 nitrogen and oxygen atoms in total. The van der Waals surface area contributed by atoms with Crippen LogP contribution in [0.2, 0.25) is 5.02 Å². The van der Waals surface area contributed by atoms with E-state index in [1.807, 2.05) is 24.1 Å². The van der Waals surface area contributed by atoms with Crippen LogP contribution in [-0.2, 0) is 6.54 Å². The average Bonchev–Trinajstić information content (AvgIpc) is 2.74. The lowest BCUT2D eigenvalue weighted by Gasteiger charge is -2.20. The average molecular weight is 345 g/mol. The summed E-state index contributed by atoms with van der Waals surface area (Å²) in [6.07, 6.45) is 0.803. The Hall–Kier alpha value is -0.840. The summed E-state index contributed by atoms with van der Waals surface area (Å²) in [5.74, 6) is 0. The van der Waals surface area contributed by atoms with Gasteiger partial charge in [-0.3, -0.25) is 4.79 Å². The predicted molar refractivity (Wildman–Crippen MR) is 81.0 cm³/mol. The molecule has 0 fully saturated rings. The van der Waals surface area contributed by atoms with Gasteiger partial charge in [0.05, 0.1) is 14.4 Å². The van der Waals surface area contributed by atoms with E-state index in [4.69, 9.17) is 11.6 Å². The summed E-state index contributed by atoms with van der Waals surface area (Å²) < 4.78 is 1.10. The van der Waals surface area contributed by atoms with E-state index in [-0.39, 0.29) is 0 Å². The molecule has 0 saturated carbocycles. The highest BCUT2D eigenvalue weighted by atomic mass is 79.9. The second-order valence-electron chi connectivity index (χ2n) is 3.91. The summed E-state index contributed by atoms with van der Waals surface area (Å²) in [5, 5.41) is 2.58. The number of halogens is 2. The van der Waals surface area contributed by atoms with Crippen molar-refractivity contribution in [2.75, 3.05) is 11.9 Å². The van der Waals surface area contributed by atoms with Crippen molar-refractivity contribution < 1.29 is 4.79 Å². The van der Waals surface area contributed by atoms with Gasteiger partial charge >= 0.3 is 0 Å². The van der Waals surface area contributed by atoms with E-state index in [0.717, 1.165) is 22.3 Å². The molecular weight excluding hydrogens is 334 g/mol. The highest BCUT2D eigenvalue weighted by molar-refractivity contribution is 9.11. The number of carbonyl (C=O) groups excluding carboxylic acids is 1. The zero-order valence-electron chi connectivity index (χ0n) is 9.69. The lowest BCUT2D eigenvalue weighted by molar-refractivity contribution is 0.112. The molecule has 2 rings (SSSR count). The summed E-state index contributed by atoms with van der Waals surface area (Å²) in [4.78, 5) is 13.1. The maximum absolute atomic E-state index is 11.1. The van der Waals surface area contributed by atoms with Crippen LogP contribution < -0.4 is 4.90 Å². The fraction of sp³-hybridized carbons (Fsp3) is 0.154. The monoisotopic (exact) mass is 343 g/mol. The van der Waals surface area contributed by atoms with E-state index in [1.54, 1.807) is 17.4 Å². The maximum Gasteiger partial charge on any atom is 0.153 e. The molecule has 2 aromatic rings. The van der Waals surface area contributed by atoms with E-state index in [2.05, 4.69) is 27.4 Å². The highest BCUT2D eigenvalue weighted by Gasteiger charge is 2.11. The number of hydrogen-bond donors (Lipinski definition) is 0. The van der Waals surface area contributed by atoms with E-state index >= 15 is 0 Å². The molecule has 18 heavy (non-hydrogen) atoms. The molecule has 0 unspecified atom stereocenters.